The molecule has 1 saturated heterocycles. The summed E-state index contributed by atoms with van der Waals surface area (Å²) < 4.78 is 30.6. The van der Waals surface area contributed by atoms with Crippen molar-refractivity contribution in [2.45, 2.75) is 12.5 Å². The number of morpholine rings is 1. The maximum Gasteiger partial charge on any atom is 0.290 e. The van der Waals surface area contributed by atoms with Gasteiger partial charge in [-0.25, -0.2) is 4.39 Å². The lowest BCUT2D eigenvalue weighted by molar-refractivity contribution is -0.908. The van der Waals surface area contributed by atoms with E-state index in [1.54, 1.807) is 12.0 Å². The zero-order valence-electron chi connectivity index (χ0n) is 18.4. The van der Waals surface area contributed by atoms with Crippen molar-refractivity contribution < 1.29 is 28.0 Å². The van der Waals surface area contributed by atoms with Gasteiger partial charge in [-0.05, 0) is 35.9 Å². The first-order valence-electron chi connectivity index (χ1n) is 11.2. The molecule has 0 saturated carbocycles. The molecule has 8 heteroatoms. The summed E-state index contributed by atoms with van der Waals surface area (Å²) in [6.07, 6.45) is 0.776. The number of quaternary nitrogens is 1. The van der Waals surface area contributed by atoms with Crippen molar-refractivity contribution in [2.75, 3.05) is 46.5 Å². The number of carbonyl (C=O) groups is 1. The Morgan fingerprint density at radius 2 is 1.97 bits per heavy atom. The summed E-state index contributed by atoms with van der Waals surface area (Å²) in [5.74, 6) is -0.187. The van der Waals surface area contributed by atoms with E-state index in [2.05, 4.69) is 0 Å². The quantitative estimate of drug-likeness (QED) is 0.616. The van der Waals surface area contributed by atoms with E-state index < -0.39 is 11.9 Å². The van der Waals surface area contributed by atoms with Gasteiger partial charge in [0.25, 0.3) is 5.91 Å². The van der Waals surface area contributed by atoms with Crippen molar-refractivity contribution in [3.05, 3.63) is 75.4 Å². The van der Waals surface area contributed by atoms with Crippen LogP contribution < -0.4 is 15.1 Å². The molecule has 0 unspecified atom stereocenters. The van der Waals surface area contributed by atoms with Crippen LogP contribution in [0.4, 0.5) is 4.39 Å². The second kappa shape index (κ2) is 8.96. The fourth-order valence-corrected chi connectivity index (χ4v) is 4.79. The normalized spacial score (nSPS) is 18.7. The molecule has 0 aliphatic carbocycles. The number of carbonyl (C=O) groups excluding carboxylic acids is 1. The van der Waals surface area contributed by atoms with Crippen LogP contribution in [-0.2, 0) is 4.74 Å². The molecule has 1 N–H and O–H groups in total. The summed E-state index contributed by atoms with van der Waals surface area (Å²) in [5, 5.41) is 0.133. The van der Waals surface area contributed by atoms with Crippen molar-refractivity contribution in [3.8, 4) is 5.75 Å². The van der Waals surface area contributed by atoms with Crippen LogP contribution in [0.15, 0.2) is 51.7 Å². The van der Waals surface area contributed by atoms with E-state index in [1.165, 1.54) is 23.1 Å². The average Bonchev–Trinajstić information content (AvgIpc) is 3.12. The number of amides is 1. The van der Waals surface area contributed by atoms with Gasteiger partial charge in [0.1, 0.15) is 30.2 Å². The summed E-state index contributed by atoms with van der Waals surface area (Å²) in [6, 6.07) is 10.5. The van der Waals surface area contributed by atoms with E-state index >= 15 is 0 Å². The van der Waals surface area contributed by atoms with Crippen LogP contribution in [0, 0.1) is 5.82 Å². The second-order valence-corrected chi connectivity index (χ2v) is 8.46. The molecule has 2 aliphatic rings. The number of hydrogen-bond acceptors (Lipinski definition) is 5. The van der Waals surface area contributed by atoms with E-state index in [-0.39, 0.29) is 33.6 Å². The van der Waals surface area contributed by atoms with E-state index in [0.29, 0.717) is 12.3 Å². The molecule has 0 bridgehead atoms. The second-order valence-electron chi connectivity index (χ2n) is 8.46. The molecule has 1 fully saturated rings. The lowest BCUT2D eigenvalue weighted by Crippen LogP contribution is -3.14. The van der Waals surface area contributed by atoms with Crippen LogP contribution in [0.3, 0.4) is 0 Å². The molecule has 2 aromatic carbocycles. The van der Waals surface area contributed by atoms with Gasteiger partial charge in [0, 0.05) is 13.0 Å². The first-order valence-corrected chi connectivity index (χ1v) is 11.2. The number of nitrogens with one attached hydrogen (secondary N) is 1. The Morgan fingerprint density at radius 3 is 2.76 bits per heavy atom. The fraction of sp³-hybridized carbons (Fsp3) is 0.360. The molecule has 0 spiro atoms. The molecule has 1 aromatic heterocycles. The van der Waals surface area contributed by atoms with Gasteiger partial charge in [0.15, 0.2) is 5.43 Å². The number of benzene rings is 2. The predicted octanol–water partition coefficient (Wildman–Crippen LogP) is 1.79. The van der Waals surface area contributed by atoms with Crippen LogP contribution >= 0.6 is 0 Å². The highest BCUT2D eigenvalue weighted by Gasteiger charge is 2.42. The Morgan fingerprint density at radius 1 is 1.15 bits per heavy atom. The Kier molecular flexibility index (Phi) is 5.86. The predicted molar refractivity (Wildman–Crippen MR) is 119 cm³/mol. The van der Waals surface area contributed by atoms with Crippen LogP contribution in [0.2, 0.25) is 0 Å². The van der Waals surface area contributed by atoms with E-state index in [1.807, 2.05) is 24.3 Å². The zero-order valence-corrected chi connectivity index (χ0v) is 18.4. The third-order valence-corrected chi connectivity index (χ3v) is 6.47. The number of hydrogen-bond donors (Lipinski definition) is 1. The number of ether oxygens (including phenoxy) is 2. The molecular formula is C25H26FN2O5+. The highest BCUT2D eigenvalue weighted by atomic mass is 19.1. The average molecular weight is 453 g/mol. The van der Waals surface area contributed by atoms with E-state index in [0.717, 1.165) is 44.8 Å². The van der Waals surface area contributed by atoms with Crippen LogP contribution in [0.5, 0.6) is 5.75 Å². The molecule has 1 amide bonds. The minimum absolute atomic E-state index is 0.0330. The zero-order chi connectivity index (χ0) is 22.9. The SMILES string of the molecule is COc1cccc([C@@H]2c3c(oc4ccc(F)cc4c3=O)C(=O)N2CCC[NH+]2CCOCC2)c1. The molecule has 3 heterocycles. The van der Waals surface area contributed by atoms with Crippen molar-refractivity contribution in [1.29, 1.82) is 0 Å². The first-order chi connectivity index (χ1) is 16.1. The van der Waals surface area contributed by atoms with Crippen molar-refractivity contribution in [1.82, 2.24) is 4.90 Å². The number of fused-ring (bicyclic) bond motifs is 2. The van der Waals surface area contributed by atoms with Gasteiger partial charge in [-0.2, -0.15) is 0 Å². The van der Waals surface area contributed by atoms with Gasteiger partial charge < -0.3 is 23.7 Å². The monoisotopic (exact) mass is 453 g/mol. The number of halogens is 1. The standard InChI is InChI=1S/C25H25FN2O5/c1-31-18-5-2-4-16(14-18)22-21-23(29)19-15-17(26)6-7-20(19)33-24(21)25(30)28(22)9-3-8-27-10-12-32-13-11-27/h2,4-7,14-15,22H,3,8-13H2,1H3/p+1/t22-/m1/s1. The maximum absolute atomic E-state index is 13.9. The maximum atomic E-state index is 13.9. The van der Waals surface area contributed by atoms with Gasteiger partial charge in [0.2, 0.25) is 5.76 Å². The molecule has 1 atom stereocenters. The molecule has 5 rings (SSSR count). The molecule has 2 aliphatic heterocycles. The molecule has 33 heavy (non-hydrogen) atoms. The van der Waals surface area contributed by atoms with E-state index in [4.69, 9.17) is 13.9 Å². The van der Waals surface area contributed by atoms with Crippen LogP contribution in [0.1, 0.15) is 34.1 Å². The summed E-state index contributed by atoms with van der Waals surface area (Å²) in [7, 11) is 1.57. The van der Waals surface area contributed by atoms with Crippen molar-refractivity contribution >= 4 is 16.9 Å². The topological polar surface area (TPSA) is 73.4 Å². The Labute approximate surface area is 190 Å². The fourth-order valence-electron chi connectivity index (χ4n) is 4.79. The molecular weight excluding hydrogens is 427 g/mol. The molecule has 3 aromatic rings. The van der Waals surface area contributed by atoms with Gasteiger partial charge in [-0.1, -0.05) is 12.1 Å². The number of rotatable bonds is 6. The third-order valence-electron chi connectivity index (χ3n) is 6.47. The third kappa shape index (κ3) is 4.00. The van der Waals surface area contributed by atoms with Crippen LogP contribution in [-0.4, -0.2) is 57.3 Å². The summed E-state index contributed by atoms with van der Waals surface area (Å²) in [6.45, 7) is 4.77. The first kappa shape index (κ1) is 21.6. The Bertz CT molecular complexity index is 1250. The Hall–Kier alpha value is -3.23. The summed E-state index contributed by atoms with van der Waals surface area (Å²) in [5.41, 5.74) is 0.832. The van der Waals surface area contributed by atoms with Gasteiger partial charge in [-0.15, -0.1) is 0 Å². The van der Waals surface area contributed by atoms with Gasteiger partial charge in [-0.3, -0.25) is 9.59 Å². The van der Waals surface area contributed by atoms with Crippen molar-refractivity contribution in [2.24, 2.45) is 0 Å². The van der Waals surface area contributed by atoms with Crippen LogP contribution in [0.25, 0.3) is 11.0 Å². The highest BCUT2D eigenvalue weighted by Crippen LogP contribution is 2.39. The highest BCUT2D eigenvalue weighted by molar-refractivity contribution is 5.99. The number of methoxy groups -OCH3 is 1. The van der Waals surface area contributed by atoms with E-state index in [9.17, 15) is 14.0 Å². The molecule has 0 radical (unpaired) electrons. The summed E-state index contributed by atoms with van der Waals surface area (Å²) >= 11 is 0. The molecule has 7 nitrogen and oxygen atoms in total. The minimum Gasteiger partial charge on any atom is -0.497 e. The smallest absolute Gasteiger partial charge is 0.290 e. The minimum atomic E-state index is -0.619. The Balaban J connectivity index is 1.55. The number of nitrogens with zero attached hydrogens (tertiary/aromatic N) is 1. The van der Waals surface area contributed by atoms with Crippen molar-refractivity contribution in [3.63, 3.8) is 0 Å². The lowest BCUT2D eigenvalue weighted by atomic mass is 9.98. The summed E-state index contributed by atoms with van der Waals surface area (Å²) in [4.78, 5) is 30.0. The lowest BCUT2D eigenvalue weighted by Gasteiger charge is -2.27. The molecule has 172 valence electrons. The van der Waals surface area contributed by atoms with Gasteiger partial charge >= 0.3 is 0 Å². The van der Waals surface area contributed by atoms with Gasteiger partial charge in [0.05, 0.1) is 43.9 Å². The largest absolute Gasteiger partial charge is 0.497 e.